The maximum Gasteiger partial charge on any atom is 0.251 e. The van der Waals surface area contributed by atoms with Gasteiger partial charge in [0.05, 0.1) is 11.8 Å². The molecule has 0 spiro atoms. The van der Waals surface area contributed by atoms with E-state index in [1.807, 2.05) is 52.1 Å². The molecule has 1 aliphatic rings. The second-order valence-electron chi connectivity index (χ2n) is 13.8. The Morgan fingerprint density at radius 3 is 2.51 bits per heavy atom. The molecule has 272 valence electrons. The van der Waals surface area contributed by atoms with E-state index in [1.165, 1.54) is 23.3 Å². The van der Waals surface area contributed by atoms with Crippen LogP contribution in [-0.2, 0) is 20.9 Å². The Morgan fingerprint density at radius 2 is 1.82 bits per heavy atom. The summed E-state index contributed by atoms with van der Waals surface area (Å²) in [7, 11) is 0. The van der Waals surface area contributed by atoms with Crippen molar-refractivity contribution in [3.63, 3.8) is 0 Å². The highest BCUT2D eigenvalue weighted by Gasteiger charge is 2.37. The SMILES string of the molecule is C=C1C=CC(=O)N1CCNC(=O)CCCCCSCC(=O)N(CCC=N)[C@@H](c1cc(-c2cc(F)ccc2F)cn1Cc1ccccc1)C(C)(C)C. The van der Waals surface area contributed by atoms with Crippen molar-refractivity contribution in [1.29, 1.82) is 5.41 Å². The van der Waals surface area contributed by atoms with Crippen molar-refractivity contribution in [3.8, 4) is 11.1 Å². The number of nitrogens with zero attached hydrogens (tertiary/aromatic N) is 3. The summed E-state index contributed by atoms with van der Waals surface area (Å²) in [5.41, 5.74) is 2.70. The molecule has 51 heavy (non-hydrogen) atoms. The van der Waals surface area contributed by atoms with Crippen LogP contribution in [0.5, 0.6) is 0 Å². The number of carbonyl (C=O) groups is 3. The summed E-state index contributed by atoms with van der Waals surface area (Å²) in [5.74, 6) is -0.283. The molecule has 0 unspecified atom stereocenters. The zero-order valence-corrected chi connectivity index (χ0v) is 30.6. The molecule has 1 aromatic heterocycles. The van der Waals surface area contributed by atoms with Gasteiger partial charge in [-0.2, -0.15) is 11.8 Å². The third-order valence-corrected chi connectivity index (χ3v) is 9.75. The van der Waals surface area contributed by atoms with E-state index < -0.39 is 23.1 Å². The van der Waals surface area contributed by atoms with Crippen molar-refractivity contribution >= 4 is 35.7 Å². The minimum Gasteiger partial charge on any atom is -0.354 e. The number of nitrogens with one attached hydrogen (secondary N) is 2. The van der Waals surface area contributed by atoms with Gasteiger partial charge in [-0.15, -0.1) is 0 Å². The Kier molecular flexibility index (Phi) is 14.4. The molecular formula is C40H49F2N5O3S. The van der Waals surface area contributed by atoms with Crippen LogP contribution < -0.4 is 5.32 Å². The lowest BCUT2D eigenvalue weighted by molar-refractivity contribution is -0.133. The van der Waals surface area contributed by atoms with Gasteiger partial charge in [-0.25, -0.2) is 8.78 Å². The molecule has 0 aliphatic carbocycles. The number of halogens is 2. The van der Waals surface area contributed by atoms with E-state index in [0.717, 1.165) is 48.4 Å². The van der Waals surface area contributed by atoms with E-state index in [-0.39, 0.29) is 29.0 Å². The molecular weight excluding hydrogens is 669 g/mol. The van der Waals surface area contributed by atoms with Crippen molar-refractivity contribution in [1.82, 2.24) is 19.7 Å². The Morgan fingerprint density at radius 1 is 1.06 bits per heavy atom. The number of amides is 3. The van der Waals surface area contributed by atoms with Gasteiger partial charge in [0, 0.05) is 67.4 Å². The average Bonchev–Trinajstić information content (AvgIpc) is 3.64. The first kappa shape index (κ1) is 39.3. The number of hydrogen-bond acceptors (Lipinski definition) is 5. The molecule has 1 atom stereocenters. The van der Waals surface area contributed by atoms with E-state index in [4.69, 9.17) is 5.41 Å². The van der Waals surface area contributed by atoms with Crippen LogP contribution >= 0.6 is 11.8 Å². The van der Waals surface area contributed by atoms with Gasteiger partial charge in [0.15, 0.2) is 0 Å². The molecule has 1 aliphatic heterocycles. The van der Waals surface area contributed by atoms with Gasteiger partial charge >= 0.3 is 0 Å². The van der Waals surface area contributed by atoms with Crippen LogP contribution in [0.2, 0.25) is 0 Å². The summed E-state index contributed by atoms with van der Waals surface area (Å²) in [6.07, 6.45) is 9.46. The molecule has 0 fully saturated rings. The van der Waals surface area contributed by atoms with Crippen LogP contribution in [0.4, 0.5) is 8.78 Å². The minimum absolute atomic E-state index is 0.0542. The topological polar surface area (TPSA) is 98.5 Å². The summed E-state index contributed by atoms with van der Waals surface area (Å²) < 4.78 is 31.3. The monoisotopic (exact) mass is 717 g/mol. The highest BCUT2D eigenvalue weighted by atomic mass is 32.2. The van der Waals surface area contributed by atoms with Crippen molar-refractivity contribution < 1.29 is 23.2 Å². The first-order valence-electron chi connectivity index (χ1n) is 17.4. The van der Waals surface area contributed by atoms with Gasteiger partial charge in [-0.1, -0.05) is 64.1 Å². The molecule has 0 bridgehead atoms. The maximum absolute atomic E-state index is 15.0. The van der Waals surface area contributed by atoms with Crippen LogP contribution in [0.15, 0.2) is 85.2 Å². The molecule has 4 rings (SSSR count). The zero-order valence-electron chi connectivity index (χ0n) is 29.8. The van der Waals surface area contributed by atoms with Crippen LogP contribution in [0.25, 0.3) is 11.1 Å². The van der Waals surface area contributed by atoms with Gasteiger partial charge in [0.1, 0.15) is 11.6 Å². The molecule has 0 radical (unpaired) electrons. The smallest absolute Gasteiger partial charge is 0.251 e. The number of allylic oxidation sites excluding steroid dienone is 1. The van der Waals surface area contributed by atoms with Crippen LogP contribution in [-0.4, -0.2) is 69.4 Å². The maximum atomic E-state index is 15.0. The van der Waals surface area contributed by atoms with Crippen LogP contribution in [0, 0.1) is 22.5 Å². The van der Waals surface area contributed by atoms with Crippen LogP contribution in [0.3, 0.4) is 0 Å². The van der Waals surface area contributed by atoms with Gasteiger partial charge in [-0.3, -0.25) is 14.4 Å². The molecule has 0 saturated carbocycles. The Balaban J connectivity index is 1.40. The van der Waals surface area contributed by atoms with Gasteiger partial charge in [0.2, 0.25) is 11.8 Å². The molecule has 2 N–H and O–H groups in total. The Hall–Kier alpha value is -4.51. The fourth-order valence-corrected chi connectivity index (χ4v) is 7.15. The van der Waals surface area contributed by atoms with E-state index in [1.54, 1.807) is 17.8 Å². The van der Waals surface area contributed by atoms with Crippen LogP contribution in [0.1, 0.15) is 70.2 Å². The molecule has 0 saturated heterocycles. The standard InChI is InChI=1S/C40H49F2N5O3S/c1-29-15-18-37(49)46(29)22-20-44-36(48)14-9-6-10-23-51-28-38(50)47(21-11-19-43)39(40(2,3)4)35-24-31(33-25-32(41)16-17-34(33)42)27-45(35)26-30-12-7-5-8-13-30/h5,7-8,12-13,15-19,24-25,27,39,43H,1,6,9-11,14,20-23,26,28H2,2-4H3,(H,44,48)/t39-/m0/s1. The summed E-state index contributed by atoms with van der Waals surface area (Å²) in [4.78, 5) is 41.4. The lowest BCUT2D eigenvalue weighted by atomic mass is 9.83. The number of hydrogen-bond donors (Lipinski definition) is 2. The normalized spacial score (nSPS) is 13.5. The number of carbonyl (C=O) groups excluding carboxylic acids is 3. The fourth-order valence-electron chi connectivity index (χ4n) is 6.26. The summed E-state index contributed by atoms with van der Waals surface area (Å²) in [6.45, 7) is 11.6. The largest absolute Gasteiger partial charge is 0.354 e. The quantitative estimate of drug-likeness (QED) is 0.0979. The fraction of sp³-hybridized carbons (Fsp3) is 0.400. The first-order valence-corrected chi connectivity index (χ1v) is 18.5. The van der Waals surface area contributed by atoms with Crippen molar-refractivity contribution in [2.45, 2.75) is 65.5 Å². The molecule has 2 heterocycles. The summed E-state index contributed by atoms with van der Waals surface area (Å²) in [6, 6.07) is 14.7. The first-order chi connectivity index (χ1) is 24.4. The third kappa shape index (κ3) is 11.2. The molecule has 3 amide bonds. The number of thioether (sulfide) groups is 1. The van der Waals surface area contributed by atoms with Gasteiger partial charge in [0.25, 0.3) is 5.91 Å². The lowest BCUT2D eigenvalue weighted by Gasteiger charge is -2.41. The second kappa shape index (κ2) is 18.6. The van der Waals surface area contributed by atoms with E-state index >= 15 is 4.39 Å². The molecule has 11 heteroatoms. The second-order valence-corrected chi connectivity index (χ2v) is 14.9. The zero-order chi connectivity index (χ0) is 37.0. The highest BCUT2D eigenvalue weighted by molar-refractivity contribution is 7.99. The van der Waals surface area contributed by atoms with Gasteiger partial charge < -0.3 is 25.1 Å². The summed E-state index contributed by atoms with van der Waals surface area (Å²) in [5, 5.41) is 10.6. The average molecular weight is 718 g/mol. The lowest BCUT2D eigenvalue weighted by Crippen LogP contribution is -2.43. The van der Waals surface area contributed by atoms with Gasteiger partial charge in [-0.05, 0) is 72.5 Å². The van der Waals surface area contributed by atoms with E-state index in [9.17, 15) is 18.8 Å². The number of unbranched alkanes of at least 4 members (excludes halogenated alkanes) is 2. The number of benzene rings is 2. The predicted octanol–water partition coefficient (Wildman–Crippen LogP) is 7.76. The number of aromatic nitrogens is 1. The van der Waals surface area contributed by atoms with Crippen molar-refractivity contribution in [2.24, 2.45) is 5.41 Å². The number of rotatable bonds is 19. The minimum atomic E-state index is -0.532. The Bertz CT molecular complexity index is 1700. The Labute approximate surface area is 304 Å². The highest BCUT2D eigenvalue weighted by Crippen LogP contribution is 2.41. The van der Waals surface area contributed by atoms with E-state index in [2.05, 4.69) is 32.7 Å². The summed E-state index contributed by atoms with van der Waals surface area (Å²) >= 11 is 1.55. The van der Waals surface area contributed by atoms with Crippen molar-refractivity contribution in [3.05, 3.63) is 108 Å². The molecule has 3 aromatic rings. The molecule has 2 aromatic carbocycles. The third-order valence-electron chi connectivity index (χ3n) is 8.72. The predicted molar refractivity (Wildman–Crippen MR) is 201 cm³/mol. The van der Waals surface area contributed by atoms with E-state index in [0.29, 0.717) is 50.3 Å². The molecule has 8 nitrogen and oxygen atoms in total. The van der Waals surface area contributed by atoms with Crippen molar-refractivity contribution in [2.75, 3.05) is 31.1 Å².